The first-order chi connectivity index (χ1) is 17.0. The zero-order valence-corrected chi connectivity index (χ0v) is 20.2. The number of aliphatic hydroxyl groups is 1. The molecule has 6 nitrogen and oxygen atoms in total. The summed E-state index contributed by atoms with van der Waals surface area (Å²) < 4.78 is 5.78. The smallest absolute Gasteiger partial charge is 0.137 e. The van der Waals surface area contributed by atoms with Gasteiger partial charge in [0.25, 0.3) is 0 Å². The summed E-state index contributed by atoms with van der Waals surface area (Å²) in [5, 5.41) is 20.6. The summed E-state index contributed by atoms with van der Waals surface area (Å²) in [7, 11) is 0. The molecule has 4 aromatic rings. The average Bonchev–Trinajstić information content (AvgIpc) is 3.28. The molecule has 2 aromatic carbocycles. The molecule has 1 aliphatic heterocycles. The van der Waals surface area contributed by atoms with E-state index in [4.69, 9.17) is 4.74 Å². The Morgan fingerprint density at radius 3 is 2.69 bits per heavy atom. The van der Waals surface area contributed by atoms with E-state index in [9.17, 15) is 10.4 Å². The van der Waals surface area contributed by atoms with Crippen LogP contribution in [0.1, 0.15) is 37.8 Å². The van der Waals surface area contributed by atoms with Crippen molar-refractivity contribution < 1.29 is 9.84 Å². The van der Waals surface area contributed by atoms with E-state index in [1.165, 1.54) is 5.56 Å². The van der Waals surface area contributed by atoms with Crippen molar-refractivity contribution in [3.63, 3.8) is 0 Å². The van der Waals surface area contributed by atoms with Crippen molar-refractivity contribution in [2.75, 3.05) is 13.1 Å². The number of nitrogens with zero attached hydrogens (tertiary/aromatic N) is 3. The number of nitriles is 1. The van der Waals surface area contributed by atoms with E-state index >= 15 is 0 Å². The lowest BCUT2D eigenvalue weighted by atomic mass is 10.00. The van der Waals surface area contributed by atoms with Gasteiger partial charge in [-0.3, -0.25) is 4.90 Å². The fourth-order valence-corrected chi connectivity index (χ4v) is 4.78. The van der Waals surface area contributed by atoms with Crippen LogP contribution in [0.15, 0.2) is 60.9 Å². The van der Waals surface area contributed by atoms with Crippen LogP contribution >= 0.6 is 0 Å². The third-order valence-electron chi connectivity index (χ3n) is 6.48. The van der Waals surface area contributed by atoms with Crippen LogP contribution in [0.4, 0.5) is 0 Å². The summed E-state index contributed by atoms with van der Waals surface area (Å²) in [5.41, 5.74) is 6.67. The molecule has 0 amide bonds. The first-order valence-electron chi connectivity index (χ1n) is 12.2. The van der Waals surface area contributed by atoms with Gasteiger partial charge in [0.15, 0.2) is 0 Å². The van der Waals surface area contributed by atoms with Gasteiger partial charge >= 0.3 is 0 Å². The SMILES string of the molecule is CC(C)Oc1ccc(-c2c[nH]c3ncc(-c4ccc(CN5CCCC(O)C5)cc4)cc23)cc1C#N. The lowest BCUT2D eigenvalue weighted by molar-refractivity contribution is 0.0668. The van der Waals surface area contributed by atoms with Crippen LogP contribution in [0.25, 0.3) is 33.3 Å². The molecule has 0 aliphatic carbocycles. The maximum atomic E-state index is 9.93. The number of likely N-dealkylation sites (tertiary alicyclic amines) is 1. The second kappa shape index (κ2) is 9.91. The number of aliphatic hydroxyl groups excluding tert-OH is 1. The molecule has 3 heterocycles. The van der Waals surface area contributed by atoms with Gasteiger partial charge in [-0.2, -0.15) is 5.26 Å². The fourth-order valence-electron chi connectivity index (χ4n) is 4.78. The number of nitrogens with one attached hydrogen (secondary N) is 1. The zero-order valence-electron chi connectivity index (χ0n) is 20.2. The number of β-amino-alcohol motifs (C(OH)–C–C–N with tert-alkyl or cyclic N) is 1. The normalized spacial score (nSPS) is 16.5. The van der Waals surface area contributed by atoms with E-state index in [2.05, 4.69) is 51.3 Å². The lowest BCUT2D eigenvalue weighted by Gasteiger charge is -2.29. The predicted molar refractivity (Wildman–Crippen MR) is 138 cm³/mol. The second-order valence-electron chi connectivity index (χ2n) is 9.54. The Kier molecular flexibility index (Phi) is 6.54. The number of pyridine rings is 1. The summed E-state index contributed by atoms with van der Waals surface area (Å²) in [6.45, 7) is 6.54. The fraction of sp³-hybridized carbons (Fsp3) is 0.310. The van der Waals surface area contributed by atoms with E-state index in [-0.39, 0.29) is 12.2 Å². The first kappa shape index (κ1) is 23.1. The highest BCUT2D eigenvalue weighted by molar-refractivity contribution is 5.96. The van der Waals surface area contributed by atoms with Crippen molar-refractivity contribution in [1.29, 1.82) is 5.26 Å². The third kappa shape index (κ3) is 5.07. The number of rotatable bonds is 6. The summed E-state index contributed by atoms with van der Waals surface area (Å²) in [6, 6.07) is 18.7. The van der Waals surface area contributed by atoms with Gasteiger partial charge in [0, 0.05) is 42.0 Å². The molecule has 1 aliphatic rings. The largest absolute Gasteiger partial charge is 0.490 e. The summed E-state index contributed by atoms with van der Waals surface area (Å²) in [6.07, 6.45) is 5.58. The highest BCUT2D eigenvalue weighted by Gasteiger charge is 2.18. The van der Waals surface area contributed by atoms with Crippen LogP contribution < -0.4 is 4.74 Å². The molecule has 0 bridgehead atoms. The standard InChI is InChI=1S/C29H30N4O2/c1-19(2)35-28-10-9-22(12-23(28)14-30)27-16-32-29-26(27)13-24(15-31-29)21-7-5-20(6-8-21)17-33-11-3-4-25(34)18-33/h5-10,12-13,15-16,19,25,34H,3-4,11,17-18H2,1-2H3,(H,31,32). The first-order valence-corrected chi connectivity index (χ1v) is 12.2. The van der Waals surface area contributed by atoms with E-state index in [0.717, 1.165) is 65.8 Å². The molecule has 2 N–H and O–H groups in total. The third-order valence-corrected chi connectivity index (χ3v) is 6.48. The van der Waals surface area contributed by atoms with Gasteiger partial charge in [-0.1, -0.05) is 30.3 Å². The van der Waals surface area contributed by atoms with Crippen molar-refractivity contribution >= 4 is 11.0 Å². The van der Waals surface area contributed by atoms with Gasteiger partial charge in [0.1, 0.15) is 17.5 Å². The highest BCUT2D eigenvalue weighted by Crippen LogP contribution is 2.33. The molecule has 1 fully saturated rings. The minimum absolute atomic E-state index is 0.00522. The average molecular weight is 467 g/mol. The molecule has 0 radical (unpaired) electrons. The Morgan fingerprint density at radius 1 is 1.14 bits per heavy atom. The van der Waals surface area contributed by atoms with E-state index in [1.54, 1.807) is 0 Å². The molecule has 178 valence electrons. The predicted octanol–water partition coefficient (Wildman–Crippen LogP) is 5.51. The van der Waals surface area contributed by atoms with E-state index in [0.29, 0.717) is 11.3 Å². The lowest BCUT2D eigenvalue weighted by Crippen LogP contribution is -2.37. The minimum atomic E-state index is -0.209. The van der Waals surface area contributed by atoms with Crippen LogP contribution in [-0.4, -0.2) is 45.3 Å². The number of aromatic amines is 1. The summed E-state index contributed by atoms with van der Waals surface area (Å²) in [4.78, 5) is 10.2. The van der Waals surface area contributed by atoms with Gasteiger partial charge in [0.05, 0.1) is 17.8 Å². The van der Waals surface area contributed by atoms with Crippen molar-refractivity contribution in [2.24, 2.45) is 0 Å². The number of fused-ring (bicyclic) bond motifs is 1. The van der Waals surface area contributed by atoms with Crippen LogP contribution in [-0.2, 0) is 6.54 Å². The minimum Gasteiger partial charge on any atom is -0.490 e. The summed E-state index contributed by atoms with van der Waals surface area (Å²) in [5.74, 6) is 0.601. The van der Waals surface area contributed by atoms with E-state index < -0.39 is 0 Å². The van der Waals surface area contributed by atoms with Gasteiger partial charge in [-0.25, -0.2) is 4.98 Å². The number of aromatic nitrogens is 2. The molecule has 0 saturated carbocycles. The van der Waals surface area contributed by atoms with E-state index in [1.807, 2.05) is 44.4 Å². The molecule has 0 spiro atoms. The maximum Gasteiger partial charge on any atom is 0.137 e. The van der Waals surface area contributed by atoms with Gasteiger partial charge in [-0.15, -0.1) is 0 Å². The molecule has 1 saturated heterocycles. The number of hydrogen-bond donors (Lipinski definition) is 2. The molecule has 1 atom stereocenters. The monoisotopic (exact) mass is 466 g/mol. The maximum absolute atomic E-state index is 9.93. The Morgan fingerprint density at radius 2 is 1.94 bits per heavy atom. The number of piperidine rings is 1. The quantitative estimate of drug-likeness (QED) is 0.391. The van der Waals surface area contributed by atoms with Crippen LogP contribution in [0, 0.1) is 11.3 Å². The highest BCUT2D eigenvalue weighted by atomic mass is 16.5. The molecule has 6 heteroatoms. The number of ether oxygens (including phenoxy) is 1. The summed E-state index contributed by atoms with van der Waals surface area (Å²) >= 11 is 0. The van der Waals surface area contributed by atoms with Gasteiger partial charge < -0.3 is 14.8 Å². The Hall–Kier alpha value is -3.66. The van der Waals surface area contributed by atoms with Gasteiger partial charge in [0.2, 0.25) is 0 Å². The Labute approximate surface area is 205 Å². The van der Waals surface area contributed by atoms with Gasteiger partial charge in [-0.05, 0) is 68.1 Å². The van der Waals surface area contributed by atoms with Crippen molar-refractivity contribution in [3.8, 4) is 34.1 Å². The van der Waals surface area contributed by atoms with Crippen molar-refractivity contribution in [3.05, 3.63) is 72.1 Å². The van der Waals surface area contributed by atoms with Crippen LogP contribution in [0.5, 0.6) is 5.75 Å². The van der Waals surface area contributed by atoms with Crippen molar-refractivity contribution in [2.45, 2.75) is 45.4 Å². The second-order valence-corrected chi connectivity index (χ2v) is 9.54. The van der Waals surface area contributed by atoms with Crippen LogP contribution in [0.2, 0.25) is 0 Å². The molecular weight excluding hydrogens is 436 g/mol. The number of hydrogen-bond acceptors (Lipinski definition) is 5. The topological polar surface area (TPSA) is 85.2 Å². The molecule has 5 rings (SSSR count). The molecule has 1 unspecified atom stereocenters. The molecule has 2 aromatic heterocycles. The van der Waals surface area contributed by atoms with Crippen molar-refractivity contribution in [1.82, 2.24) is 14.9 Å². The van der Waals surface area contributed by atoms with Crippen LogP contribution in [0.3, 0.4) is 0 Å². The number of H-pyrrole nitrogens is 1. The zero-order chi connectivity index (χ0) is 24.4. The Balaban J connectivity index is 1.41. The molecular formula is C29H30N4O2. The number of benzene rings is 2. The molecule has 35 heavy (non-hydrogen) atoms. The Bertz CT molecular complexity index is 1370.